The van der Waals surface area contributed by atoms with Gasteiger partial charge < -0.3 is 14.4 Å². The number of nitrogens with one attached hydrogen (secondary N) is 1. The Hall–Kier alpha value is -3.65. The van der Waals surface area contributed by atoms with Crippen molar-refractivity contribution >= 4 is 11.7 Å². The highest BCUT2D eigenvalue weighted by atomic mass is 19.1. The van der Waals surface area contributed by atoms with Gasteiger partial charge in [0.2, 0.25) is 0 Å². The highest BCUT2D eigenvalue weighted by Crippen LogP contribution is 2.24. The second-order valence-corrected chi connectivity index (χ2v) is 6.36. The van der Waals surface area contributed by atoms with Gasteiger partial charge in [-0.25, -0.2) is 4.39 Å². The monoisotopic (exact) mass is 412 g/mol. The molecule has 8 heteroatoms. The number of nitrogens with zero attached hydrogens (tertiary/aromatic N) is 1. The first-order valence-electron chi connectivity index (χ1n) is 9.34. The van der Waals surface area contributed by atoms with Crippen molar-refractivity contribution in [1.82, 2.24) is 10.6 Å². The van der Waals surface area contributed by atoms with E-state index in [9.17, 15) is 9.18 Å². The van der Waals surface area contributed by atoms with Crippen LogP contribution in [0.1, 0.15) is 24.7 Å². The zero-order valence-corrected chi connectivity index (χ0v) is 16.3. The topological polar surface area (TPSA) is 93.8 Å². The molecule has 0 atom stereocenters. The van der Waals surface area contributed by atoms with E-state index in [1.807, 2.05) is 6.92 Å². The summed E-state index contributed by atoms with van der Waals surface area (Å²) in [7, 11) is 0. The van der Waals surface area contributed by atoms with Crippen LogP contribution < -0.4 is 10.2 Å². The maximum absolute atomic E-state index is 13.1. The maximum atomic E-state index is 13.1. The van der Waals surface area contributed by atoms with Gasteiger partial charge in [-0.05, 0) is 36.8 Å². The SMILES string of the molecule is CCCONC(=COc1ccccc1CC(=O)O)c1cc(-c2ccc(F)cc2)no1. The van der Waals surface area contributed by atoms with Gasteiger partial charge in [0.1, 0.15) is 29.2 Å². The van der Waals surface area contributed by atoms with Gasteiger partial charge in [0.15, 0.2) is 5.76 Å². The number of halogens is 1. The highest BCUT2D eigenvalue weighted by Gasteiger charge is 2.13. The summed E-state index contributed by atoms with van der Waals surface area (Å²) < 4.78 is 24.3. The molecule has 0 spiro atoms. The number of benzene rings is 2. The molecule has 1 aromatic heterocycles. The number of ether oxygens (including phenoxy) is 1. The lowest BCUT2D eigenvalue weighted by Gasteiger charge is -2.10. The molecule has 0 aliphatic rings. The van der Waals surface area contributed by atoms with Crippen molar-refractivity contribution in [3.05, 3.63) is 78.0 Å². The number of carboxylic acid groups (broad SMARTS) is 1. The molecule has 3 rings (SSSR count). The van der Waals surface area contributed by atoms with Gasteiger partial charge in [-0.1, -0.05) is 30.3 Å². The average molecular weight is 412 g/mol. The molecule has 0 unspecified atom stereocenters. The van der Waals surface area contributed by atoms with Crippen molar-refractivity contribution in [1.29, 1.82) is 0 Å². The second kappa shape index (κ2) is 10.2. The van der Waals surface area contributed by atoms with Gasteiger partial charge >= 0.3 is 5.97 Å². The van der Waals surface area contributed by atoms with Gasteiger partial charge in [-0.15, -0.1) is 0 Å². The Labute approximate surface area is 172 Å². The molecule has 30 heavy (non-hydrogen) atoms. The number of hydrogen-bond acceptors (Lipinski definition) is 6. The second-order valence-electron chi connectivity index (χ2n) is 6.36. The van der Waals surface area contributed by atoms with Crippen molar-refractivity contribution in [2.45, 2.75) is 19.8 Å². The van der Waals surface area contributed by atoms with Crippen LogP contribution in [-0.2, 0) is 16.1 Å². The number of carbonyl (C=O) groups is 1. The summed E-state index contributed by atoms with van der Waals surface area (Å²) in [5.41, 5.74) is 4.85. The number of aromatic nitrogens is 1. The fraction of sp³-hybridized carbons (Fsp3) is 0.182. The number of para-hydroxylation sites is 1. The molecule has 0 radical (unpaired) electrons. The first kappa shape index (κ1) is 21.1. The van der Waals surface area contributed by atoms with Gasteiger partial charge in [-0.3, -0.25) is 15.1 Å². The Bertz CT molecular complexity index is 1010. The van der Waals surface area contributed by atoms with E-state index in [2.05, 4.69) is 10.6 Å². The minimum Gasteiger partial charge on any atom is -0.481 e. The summed E-state index contributed by atoms with van der Waals surface area (Å²) in [6, 6.07) is 14.4. The normalized spacial score (nSPS) is 11.3. The number of hydroxylamine groups is 1. The molecule has 3 aromatic rings. The highest BCUT2D eigenvalue weighted by molar-refractivity contribution is 5.71. The molecule has 0 aliphatic heterocycles. The molecule has 2 aromatic carbocycles. The summed E-state index contributed by atoms with van der Waals surface area (Å²) in [6.45, 7) is 2.41. The van der Waals surface area contributed by atoms with Crippen molar-refractivity contribution < 1.29 is 28.4 Å². The Kier molecular flexibility index (Phi) is 7.18. The minimum atomic E-state index is -0.959. The van der Waals surface area contributed by atoms with Crippen molar-refractivity contribution in [2.75, 3.05) is 6.61 Å². The molecule has 156 valence electrons. The van der Waals surface area contributed by atoms with E-state index >= 15 is 0 Å². The van der Waals surface area contributed by atoms with Crippen LogP contribution in [0.2, 0.25) is 0 Å². The van der Waals surface area contributed by atoms with Gasteiger partial charge in [-0.2, -0.15) is 0 Å². The van der Waals surface area contributed by atoms with Crippen molar-refractivity contribution in [3.63, 3.8) is 0 Å². The summed E-state index contributed by atoms with van der Waals surface area (Å²) in [4.78, 5) is 16.4. The molecule has 0 saturated heterocycles. The van der Waals surface area contributed by atoms with Crippen molar-refractivity contribution in [2.24, 2.45) is 0 Å². The molecular weight excluding hydrogens is 391 g/mol. The van der Waals surface area contributed by atoms with E-state index in [0.29, 0.717) is 40.6 Å². The Morgan fingerprint density at radius 3 is 2.73 bits per heavy atom. The Balaban J connectivity index is 1.85. The third kappa shape index (κ3) is 5.68. The van der Waals surface area contributed by atoms with Crippen LogP contribution in [-0.4, -0.2) is 22.8 Å². The Morgan fingerprint density at radius 2 is 2.00 bits per heavy atom. The lowest BCUT2D eigenvalue weighted by atomic mass is 10.1. The molecule has 0 aliphatic carbocycles. The van der Waals surface area contributed by atoms with E-state index in [0.717, 1.165) is 6.42 Å². The molecule has 0 fully saturated rings. The van der Waals surface area contributed by atoms with E-state index in [1.165, 1.54) is 18.4 Å². The third-order valence-corrected chi connectivity index (χ3v) is 4.02. The zero-order chi connectivity index (χ0) is 21.3. The minimum absolute atomic E-state index is 0.171. The van der Waals surface area contributed by atoms with Crippen LogP contribution in [0.25, 0.3) is 17.0 Å². The lowest BCUT2D eigenvalue weighted by molar-refractivity contribution is -0.136. The average Bonchev–Trinajstić information content (AvgIpc) is 3.22. The molecule has 1 heterocycles. The summed E-state index contributed by atoms with van der Waals surface area (Å²) in [5, 5.41) is 13.1. The standard InChI is InChI=1S/C22H21FN2O5/c1-2-11-29-24-19(14-28-20-6-4-3-5-16(20)12-22(26)27)21-13-18(25-30-21)15-7-9-17(23)10-8-15/h3-10,13-14,24H,2,11-12H2,1H3,(H,26,27). The van der Waals surface area contributed by atoms with Crippen LogP contribution in [0.4, 0.5) is 4.39 Å². The number of rotatable bonds is 10. The summed E-state index contributed by atoms with van der Waals surface area (Å²) in [6.07, 6.45) is 1.99. The quantitative estimate of drug-likeness (QED) is 0.289. The Morgan fingerprint density at radius 1 is 1.23 bits per heavy atom. The van der Waals surface area contributed by atoms with Crippen LogP contribution in [0, 0.1) is 5.82 Å². The fourth-order valence-electron chi connectivity index (χ4n) is 2.57. The van der Waals surface area contributed by atoms with Crippen LogP contribution in [0.3, 0.4) is 0 Å². The van der Waals surface area contributed by atoms with Crippen LogP contribution in [0.15, 0.2) is 65.4 Å². The van der Waals surface area contributed by atoms with Gasteiger partial charge in [0.25, 0.3) is 0 Å². The van der Waals surface area contributed by atoms with E-state index < -0.39 is 5.97 Å². The number of carboxylic acids is 1. The van der Waals surface area contributed by atoms with E-state index in [4.69, 9.17) is 19.2 Å². The largest absolute Gasteiger partial charge is 0.481 e. The smallest absolute Gasteiger partial charge is 0.307 e. The molecule has 2 N–H and O–H groups in total. The predicted molar refractivity (Wildman–Crippen MR) is 108 cm³/mol. The van der Waals surface area contributed by atoms with E-state index in [-0.39, 0.29) is 12.2 Å². The molecule has 7 nitrogen and oxygen atoms in total. The molecule has 0 saturated carbocycles. The number of aliphatic carboxylic acids is 1. The van der Waals surface area contributed by atoms with E-state index in [1.54, 1.807) is 42.5 Å². The lowest BCUT2D eigenvalue weighted by Crippen LogP contribution is -2.14. The molecule has 0 amide bonds. The molecular formula is C22H21FN2O5. The zero-order valence-electron chi connectivity index (χ0n) is 16.3. The summed E-state index contributed by atoms with van der Waals surface area (Å²) >= 11 is 0. The summed E-state index contributed by atoms with van der Waals surface area (Å²) in [5.74, 6) is -0.570. The van der Waals surface area contributed by atoms with Crippen LogP contribution in [0.5, 0.6) is 5.75 Å². The fourth-order valence-corrected chi connectivity index (χ4v) is 2.57. The van der Waals surface area contributed by atoms with Gasteiger partial charge in [0.05, 0.1) is 13.0 Å². The number of hydrogen-bond donors (Lipinski definition) is 2. The first-order chi connectivity index (χ1) is 14.6. The predicted octanol–water partition coefficient (Wildman–Crippen LogP) is 4.42. The van der Waals surface area contributed by atoms with Gasteiger partial charge in [0, 0.05) is 17.2 Å². The van der Waals surface area contributed by atoms with Crippen molar-refractivity contribution in [3.8, 4) is 17.0 Å². The maximum Gasteiger partial charge on any atom is 0.307 e. The first-order valence-corrected chi connectivity index (χ1v) is 9.34. The third-order valence-electron chi connectivity index (χ3n) is 4.02. The van der Waals surface area contributed by atoms with Crippen LogP contribution >= 0.6 is 0 Å². The molecule has 0 bridgehead atoms.